The number of nitrogens with one attached hydrogen (secondary N) is 3. The third-order valence-corrected chi connectivity index (χ3v) is 3.80. The quantitative estimate of drug-likeness (QED) is 0.625. The number of urea groups is 1. The Morgan fingerprint density at radius 2 is 2.00 bits per heavy atom. The number of aryl methyl sites for hydroxylation is 1. The third-order valence-electron chi connectivity index (χ3n) is 3.80. The molecule has 0 aliphatic carbocycles. The Morgan fingerprint density at radius 1 is 1.23 bits per heavy atom. The fourth-order valence-corrected chi connectivity index (χ4v) is 2.31. The molecule has 1 heterocycles. The van der Waals surface area contributed by atoms with Gasteiger partial charge >= 0.3 is 6.03 Å². The lowest BCUT2D eigenvalue weighted by Gasteiger charge is -2.13. The third kappa shape index (κ3) is 6.19. The number of hydrogen-bond donors (Lipinski definition) is 3. The summed E-state index contributed by atoms with van der Waals surface area (Å²) in [5.74, 6) is -0.560. The predicted molar refractivity (Wildman–Crippen MR) is 96.3 cm³/mol. The molecule has 7 nitrogen and oxygen atoms in total. The molecule has 0 spiro atoms. The van der Waals surface area contributed by atoms with E-state index >= 15 is 0 Å². The van der Waals surface area contributed by atoms with Crippen LogP contribution in [0.4, 0.5) is 9.18 Å². The molecule has 2 aromatic rings. The Labute approximate surface area is 152 Å². The van der Waals surface area contributed by atoms with Gasteiger partial charge in [0.05, 0.1) is 0 Å². The van der Waals surface area contributed by atoms with Gasteiger partial charge in [-0.15, -0.1) is 0 Å². The largest absolute Gasteiger partial charge is 0.350 e. The van der Waals surface area contributed by atoms with Gasteiger partial charge in [0.1, 0.15) is 5.82 Å². The molecule has 0 aliphatic rings. The van der Waals surface area contributed by atoms with Crippen LogP contribution < -0.4 is 16.0 Å². The monoisotopic (exact) mass is 361 g/mol. The second kappa shape index (κ2) is 9.55. The number of carbonyl (C=O) groups is 2. The average Bonchev–Trinajstić information content (AvgIpc) is 3.12. The van der Waals surface area contributed by atoms with Crippen LogP contribution >= 0.6 is 0 Å². The highest BCUT2D eigenvalue weighted by Gasteiger charge is 2.09. The van der Waals surface area contributed by atoms with E-state index in [-0.39, 0.29) is 36.5 Å². The van der Waals surface area contributed by atoms with Gasteiger partial charge in [-0.3, -0.25) is 9.48 Å². The lowest BCUT2D eigenvalue weighted by Crippen LogP contribution is -2.42. The molecule has 3 amide bonds. The maximum atomic E-state index is 13.5. The van der Waals surface area contributed by atoms with E-state index in [0.29, 0.717) is 12.1 Å². The standard InChI is InChI=1S/C18H24FN5O2/c1-13(12-24-9-3-6-23-24)11-22-18(26)21-8-7-20-17(25)15-5-4-14(2)16(19)10-15/h3-6,9-10,13H,7-8,11-12H2,1-2H3,(H,20,25)(H2,21,22,26). The van der Waals surface area contributed by atoms with Crippen molar-refractivity contribution >= 4 is 11.9 Å². The van der Waals surface area contributed by atoms with Crippen LogP contribution in [0.25, 0.3) is 0 Å². The lowest BCUT2D eigenvalue weighted by molar-refractivity contribution is 0.0953. The van der Waals surface area contributed by atoms with E-state index in [1.54, 1.807) is 25.3 Å². The summed E-state index contributed by atoms with van der Waals surface area (Å²) in [6, 6.07) is 5.88. The first kappa shape index (κ1) is 19.4. The molecule has 3 N–H and O–H groups in total. The normalized spacial score (nSPS) is 11.7. The van der Waals surface area contributed by atoms with Gasteiger partial charge in [-0.1, -0.05) is 13.0 Å². The highest BCUT2D eigenvalue weighted by Crippen LogP contribution is 2.08. The van der Waals surface area contributed by atoms with Crippen molar-refractivity contribution in [2.24, 2.45) is 5.92 Å². The first-order valence-electron chi connectivity index (χ1n) is 8.49. The maximum Gasteiger partial charge on any atom is 0.314 e. The lowest BCUT2D eigenvalue weighted by atomic mass is 10.1. The van der Waals surface area contributed by atoms with Crippen molar-refractivity contribution in [1.29, 1.82) is 0 Å². The second-order valence-corrected chi connectivity index (χ2v) is 6.19. The van der Waals surface area contributed by atoms with E-state index in [4.69, 9.17) is 0 Å². The van der Waals surface area contributed by atoms with Crippen LogP contribution in [0.1, 0.15) is 22.8 Å². The summed E-state index contributed by atoms with van der Waals surface area (Å²) in [5.41, 5.74) is 0.742. The number of hydrogen-bond acceptors (Lipinski definition) is 3. The minimum absolute atomic E-state index is 0.233. The topological polar surface area (TPSA) is 88.0 Å². The van der Waals surface area contributed by atoms with Crippen LogP contribution in [-0.4, -0.2) is 41.4 Å². The van der Waals surface area contributed by atoms with E-state index in [2.05, 4.69) is 21.0 Å². The van der Waals surface area contributed by atoms with Gasteiger partial charge in [0.2, 0.25) is 0 Å². The number of carbonyl (C=O) groups excluding carboxylic acids is 2. The van der Waals surface area contributed by atoms with Gasteiger partial charge in [-0.25, -0.2) is 9.18 Å². The molecule has 0 bridgehead atoms. The van der Waals surface area contributed by atoms with E-state index < -0.39 is 5.82 Å². The molecule has 1 aromatic carbocycles. The first-order chi connectivity index (χ1) is 12.5. The number of benzene rings is 1. The van der Waals surface area contributed by atoms with Crippen molar-refractivity contribution < 1.29 is 14.0 Å². The highest BCUT2D eigenvalue weighted by atomic mass is 19.1. The zero-order valence-electron chi connectivity index (χ0n) is 15.0. The molecule has 2 rings (SSSR count). The van der Waals surface area contributed by atoms with E-state index in [9.17, 15) is 14.0 Å². The minimum atomic E-state index is -0.417. The van der Waals surface area contributed by atoms with Crippen LogP contribution in [-0.2, 0) is 6.54 Å². The van der Waals surface area contributed by atoms with Crippen LogP contribution in [0.3, 0.4) is 0 Å². The summed E-state index contributed by atoms with van der Waals surface area (Å²) in [4.78, 5) is 23.6. The Bertz CT molecular complexity index is 733. The molecule has 0 saturated carbocycles. The van der Waals surface area contributed by atoms with Gasteiger partial charge in [-0.2, -0.15) is 5.10 Å². The molecule has 1 atom stereocenters. The molecular weight excluding hydrogens is 337 g/mol. The summed E-state index contributed by atoms with van der Waals surface area (Å²) in [6.07, 6.45) is 3.59. The van der Waals surface area contributed by atoms with Gasteiger partial charge < -0.3 is 16.0 Å². The summed E-state index contributed by atoms with van der Waals surface area (Å²) in [6.45, 7) is 5.42. The zero-order valence-corrected chi connectivity index (χ0v) is 15.0. The Morgan fingerprint density at radius 3 is 2.69 bits per heavy atom. The fourth-order valence-electron chi connectivity index (χ4n) is 2.31. The number of nitrogens with zero attached hydrogens (tertiary/aromatic N) is 2. The highest BCUT2D eigenvalue weighted by molar-refractivity contribution is 5.94. The predicted octanol–water partition coefficient (Wildman–Crippen LogP) is 1.70. The van der Waals surface area contributed by atoms with Crippen molar-refractivity contribution in [3.05, 3.63) is 53.6 Å². The molecular formula is C18H24FN5O2. The Kier molecular flexibility index (Phi) is 7.13. The summed E-state index contributed by atoms with van der Waals surface area (Å²) < 4.78 is 15.3. The van der Waals surface area contributed by atoms with Gasteiger partial charge in [0.25, 0.3) is 5.91 Å². The SMILES string of the molecule is Cc1ccc(C(=O)NCCNC(=O)NCC(C)Cn2cccn2)cc1F. The summed E-state index contributed by atoms with van der Waals surface area (Å²) >= 11 is 0. The second-order valence-electron chi connectivity index (χ2n) is 6.19. The molecule has 1 unspecified atom stereocenters. The van der Waals surface area contributed by atoms with Crippen LogP contribution in [0.15, 0.2) is 36.7 Å². The van der Waals surface area contributed by atoms with Crippen LogP contribution in [0, 0.1) is 18.7 Å². The van der Waals surface area contributed by atoms with E-state index in [0.717, 1.165) is 6.54 Å². The Hall–Kier alpha value is -2.90. The van der Waals surface area contributed by atoms with E-state index in [1.807, 2.05) is 23.9 Å². The van der Waals surface area contributed by atoms with E-state index in [1.165, 1.54) is 6.07 Å². The zero-order chi connectivity index (χ0) is 18.9. The molecule has 26 heavy (non-hydrogen) atoms. The van der Waals surface area contributed by atoms with Crippen molar-refractivity contribution in [2.45, 2.75) is 20.4 Å². The molecule has 0 aliphatic heterocycles. The molecule has 0 radical (unpaired) electrons. The van der Waals surface area contributed by atoms with Gasteiger partial charge in [-0.05, 0) is 36.6 Å². The number of halogens is 1. The number of rotatable bonds is 8. The smallest absolute Gasteiger partial charge is 0.314 e. The molecule has 0 saturated heterocycles. The van der Waals surface area contributed by atoms with Crippen molar-refractivity contribution in [3.63, 3.8) is 0 Å². The van der Waals surface area contributed by atoms with Crippen molar-refractivity contribution in [2.75, 3.05) is 19.6 Å². The Balaban J connectivity index is 1.60. The summed E-state index contributed by atoms with van der Waals surface area (Å²) in [7, 11) is 0. The molecule has 8 heteroatoms. The van der Waals surface area contributed by atoms with Crippen LogP contribution in [0.5, 0.6) is 0 Å². The first-order valence-corrected chi connectivity index (χ1v) is 8.49. The summed E-state index contributed by atoms with van der Waals surface area (Å²) in [5, 5.41) is 12.2. The van der Waals surface area contributed by atoms with Gasteiger partial charge in [0.15, 0.2) is 0 Å². The number of aromatic nitrogens is 2. The maximum absolute atomic E-state index is 13.5. The van der Waals surface area contributed by atoms with Crippen LogP contribution in [0.2, 0.25) is 0 Å². The molecule has 1 aromatic heterocycles. The van der Waals surface area contributed by atoms with Crippen molar-refractivity contribution in [3.8, 4) is 0 Å². The average molecular weight is 361 g/mol. The minimum Gasteiger partial charge on any atom is -0.350 e. The van der Waals surface area contributed by atoms with Crippen molar-refractivity contribution in [1.82, 2.24) is 25.7 Å². The van der Waals surface area contributed by atoms with Gasteiger partial charge in [0, 0.05) is 44.1 Å². The number of amides is 3. The molecule has 140 valence electrons. The fraction of sp³-hybridized carbons (Fsp3) is 0.389. The molecule has 0 fully saturated rings.